The molecule has 5 aromatic rings. The Morgan fingerprint density at radius 3 is 1.95 bits per heavy atom. The van der Waals surface area contributed by atoms with E-state index in [1.54, 1.807) is 44.6 Å². The molecule has 1 amide bonds. The summed E-state index contributed by atoms with van der Waals surface area (Å²) in [5.74, 6) is 1.04. The van der Waals surface area contributed by atoms with Gasteiger partial charge in [-0.05, 0) is 93.3 Å². The topological polar surface area (TPSA) is 156 Å². The lowest BCUT2D eigenvalue weighted by molar-refractivity contribution is -0.0975. The van der Waals surface area contributed by atoms with Crippen LogP contribution in [0.1, 0.15) is 80.7 Å². The third kappa shape index (κ3) is 11.2. The second-order valence-electron chi connectivity index (χ2n) is 15.7. The zero-order valence-corrected chi connectivity index (χ0v) is 38.4. The van der Waals surface area contributed by atoms with Crippen molar-refractivity contribution >= 4 is 20.3 Å². The van der Waals surface area contributed by atoms with Crippen LogP contribution >= 0.6 is 8.53 Å². The number of hydrogen-bond acceptors (Lipinski definition) is 12. The van der Waals surface area contributed by atoms with Gasteiger partial charge in [-0.25, -0.2) is 9.46 Å². The van der Waals surface area contributed by atoms with Gasteiger partial charge in [-0.15, -0.1) is 0 Å². The molecule has 2 heterocycles. The van der Waals surface area contributed by atoms with E-state index in [9.17, 15) is 14.9 Å². The molecule has 1 aromatic heterocycles. The maximum atomic E-state index is 14.1. The maximum Gasteiger partial charge on any atom is 0.351 e. The largest absolute Gasteiger partial charge is 0.497 e. The second-order valence-corrected chi connectivity index (χ2v) is 17.1. The SMILES string of the molecule is CCCO[C@@H]1[C@H](OP(OCCC#N)N(C(C)C)C(C)C)[C@@H](COC(c2ccccc2)(c2ccc(OC)cc2)c2ccc(OC)cc2)O[C@H]1n1ccc(NC(=O)c2ccccc2)nc1=O. The van der Waals surface area contributed by atoms with E-state index >= 15 is 0 Å². The van der Waals surface area contributed by atoms with Crippen LogP contribution in [-0.2, 0) is 28.9 Å². The molecule has 338 valence electrons. The van der Waals surface area contributed by atoms with Crippen molar-refractivity contribution in [3.63, 3.8) is 0 Å². The summed E-state index contributed by atoms with van der Waals surface area (Å²) in [7, 11) is 1.43. The minimum Gasteiger partial charge on any atom is -0.497 e. The van der Waals surface area contributed by atoms with Crippen molar-refractivity contribution in [2.45, 2.75) is 89.7 Å². The van der Waals surface area contributed by atoms with Gasteiger partial charge in [-0.1, -0.05) is 79.7 Å². The van der Waals surface area contributed by atoms with Gasteiger partial charge in [0.25, 0.3) is 14.4 Å². The monoisotopic (exact) mass is 891 g/mol. The lowest BCUT2D eigenvalue weighted by Crippen LogP contribution is -2.43. The fourth-order valence-electron chi connectivity index (χ4n) is 7.76. The van der Waals surface area contributed by atoms with E-state index in [1.165, 1.54) is 10.8 Å². The Morgan fingerprint density at radius 2 is 1.42 bits per heavy atom. The standard InChI is InChI=1S/C49H58N5O9P/c1-8-31-59-45-44(63-64(61-32-15-29-50)54(34(2)3)35(4)5)42(62-47(45)53-30-28-43(52-48(53)56)51-46(55)36-16-11-9-12-17-36)33-60-49(37-18-13-10-14-19-37,38-20-24-40(57-6)25-21-38)39-22-26-41(58-7)27-23-39/h9-14,16-28,30,34-35,42,44-45,47H,8,15,31-33H2,1-7H3,(H,51,52,55,56)/t42-,44-,45-,47-,64?/m1/s1. The maximum absolute atomic E-state index is 14.1. The molecule has 6 rings (SSSR count). The number of benzene rings is 4. The van der Waals surface area contributed by atoms with Crippen molar-refractivity contribution < 1.29 is 37.5 Å². The van der Waals surface area contributed by atoms with Crippen LogP contribution in [0.15, 0.2) is 126 Å². The number of carbonyl (C=O) groups is 1. The van der Waals surface area contributed by atoms with Gasteiger partial charge in [0.1, 0.15) is 41.2 Å². The molecule has 1 fully saturated rings. The summed E-state index contributed by atoms with van der Waals surface area (Å²) >= 11 is 0. The van der Waals surface area contributed by atoms with Crippen LogP contribution in [0.2, 0.25) is 0 Å². The van der Waals surface area contributed by atoms with Gasteiger partial charge < -0.3 is 38.0 Å². The Morgan fingerprint density at radius 1 is 0.844 bits per heavy atom. The number of nitrogens with one attached hydrogen (secondary N) is 1. The van der Waals surface area contributed by atoms with Crippen LogP contribution in [0.4, 0.5) is 5.82 Å². The molecule has 64 heavy (non-hydrogen) atoms. The Bertz CT molecular complexity index is 2270. The predicted molar refractivity (Wildman–Crippen MR) is 245 cm³/mol. The van der Waals surface area contributed by atoms with E-state index in [1.807, 2.05) is 91.9 Å². The summed E-state index contributed by atoms with van der Waals surface area (Å²) < 4.78 is 49.1. The molecule has 1 saturated heterocycles. The fraction of sp³-hybridized carbons (Fsp3) is 0.388. The first-order valence-corrected chi connectivity index (χ1v) is 22.6. The second kappa shape index (κ2) is 22.9. The summed E-state index contributed by atoms with van der Waals surface area (Å²) in [6.45, 7) is 10.7. The fourth-order valence-corrected chi connectivity index (χ4v) is 9.53. The van der Waals surface area contributed by atoms with Crippen LogP contribution in [-0.4, -0.2) is 84.6 Å². The Kier molecular flexibility index (Phi) is 17.2. The van der Waals surface area contributed by atoms with E-state index in [-0.39, 0.29) is 37.5 Å². The first-order chi connectivity index (χ1) is 31.0. The number of rotatable bonds is 22. The molecule has 4 aromatic carbocycles. The summed E-state index contributed by atoms with van der Waals surface area (Å²) in [6.07, 6.45) is -1.27. The van der Waals surface area contributed by atoms with Gasteiger partial charge in [0.05, 0.1) is 39.9 Å². The van der Waals surface area contributed by atoms with Gasteiger partial charge in [0.15, 0.2) is 6.23 Å². The highest BCUT2D eigenvalue weighted by Crippen LogP contribution is 2.51. The quantitative estimate of drug-likeness (QED) is 0.0401. The van der Waals surface area contributed by atoms with Crippen molar-refractivity contribution in [1.29, 1.82) is 5.26 Å². The molecule has 0 bridgehead atoms. The van der Waals surface area contributed by atoms with E-state index in [4.69, 9.17) is 32.7 Å². The van der Waals surface area contributed by atoms with E-state index in [0.29, 0.717) is 30.1 Å². The molecule has 1 N–H and O–H groups in total. The molecule has 1 aliphatic heterocycles. The smallest absolute Gasteiger partial charge is 0.351 e. The van der Waals surface area contributed by atoms with E-state index in [2.05, 4.69) is 48.7 Å². The van der Waals surface area contributed by atoms with E-state index < -0.39 is 50.3 Å². The highest BCUT2D eigenvalue weighted by molar-refractivity contribution is 7.44. The van der Waals surface area contributed by atoms with Crippen molar-refractivity contribution in [2.75, 3.05) is 39.4 Å². The van der Waals surface area contributed by atoms with Crippen molar-refractivity contribution in [2.24, 2.45) is 0 Å². The molecule has 0 aliphatic carbocycles. The average Bonchev–Trinajstić information content (AvgIpc) is 3.64. The van der Waals surface area contributed by atoms with Crippen LogP contribution < -0.4 is 20.5 Å². The van der Waals surface area contributed by atoms with Crippen LogP contribution in [0.25, 0.3) is 0 Å². The van der Waals surface area contributed by atoms with Gasteiger partial charge >= 0.3 is 5.69 Å². The number of aromatic nitrogens is 2. The number of amides is 1. The van der Waals surface area contributed by atoms with E-state index in [0.717, 1.165) is 16.7 Å². The van der Waals surface area contributed by atoms with Crippen LogP contribution in [0, 0.1) is 11.3 Å². The Labute approximate surface area is 377 Å². The normalized spacial score (nSPS) is 18.0. The molecule has 0 saturated carbocycles. The summed E-state index contributed by atoms with van der Waals surface area (Å²) in [6, 6.07) is 37.8. The average molecular weight is 892 g/mol. The van der Waals surface area contributed by atoms with Gasteiger partial charge in [-0.2, -0.15) is 10.2 Å². The number of nitriles is 1. The van der Waals surface area contributed by atoms with Crippen molar-refractivity contribution in [1.82, 2.24) is 14.2 Å². The summed E-state index contributed by atoms with van der Waals surface area (Å²) in [5, 5.41) is 12.2. The number of hydrogen-bond donors (Lipinski definition) is 1. The van der Waals surface area contributed by atoms with Gasteiger partial charge in [-0.3, -0.25) is 9.36 Å². The number of anilines is 1. The highest BCUT2D eigenvalue weighted by atomic mass is 31.2. The number of carbonyl (C=O) groups excluding carboxylic acids is 1. The molecular weight excluding hydrogens is 834 g/mol. The minimum absolute atomic E-state index is 0.00244. The van der Waals surface area contributed by atoms with Gasteiger partial charge in [0, 0.05) is 30.5 Å². The first kappa shape index (κ1) is 48.0. The molecule has 14 nitrogen and oxygen atoms in total. The van der Waals surface area contributed by atoms with Crippen molar-refractivity contribution in [3.8, 4) is 17.6 Å². The molecule has 15 heteroatoms. The molecule has 5 atom stereocenters. The first-order valence-electron chi connectivity index (χ1n) is 21.5. The molecule has 1 unspecified atom stereocenters. The third-order valence-corrected chi connectivity index (χ3v) is 12.8. The Balaban J connectivity index is 1.46. The Hall–Kier alpha value is -5.49. The third-order valence-electron chi connectivity index (χ3n) is 10.7. The highest BCUT2D eigenvalue weighted by Gasteiger charge is 2.51. The van der Waals surface area contributed by atoms with Crippen LogP contribution in [0.5, 0.6) is 11.5 Å². The zero-order valence-electron chi connectivity index (χ0n) is 37.5. The number of methoxy groups -OCH3 is 2. The zero-order chi connectivity index (χ0) is 45.6. The predicted octanol–water partition coefficient (Wildman–Crippen LogP) is 8.88. The minimum atomic E-state index is -1.82. The summed E-state index contributed by atoms with van der Waals surface area (Å²) in [4.78, 5) is 31.3. The molecule has 0 radical (unpaired) electrons. The van der Waals surface area contributed by atoms with Crippen LogP contribution in [0.3, 0.4) is 0 Å². The number of ether oxygens (including phenoxy) is 5. The van der Waals surface area contributed by atoms with Gasteiger partial charge in [0.2, 0.25) is 0 Å². The lowest BCUT2D eigenvalue weighted by Gasteiger charge is -2.39. The summed E-state index contributed by atoms with van der Waals surface area (Å²) in [5.41, 5.74) is 1.02. The lowest BCUT2D eigenvalue weighted by atomic mass is 9.80. The number of nitrogens with zero attached hydrogens (tertiary/aromatic N) is 4. The molecule has 1 aliphatic rings. The molecular formula is C49H58N5O9P. The molecule has 0 spiro atoms. The van der Waals surface area contributed by atoms with Crippen molar-refractivity contribution in [3.05, 3.63) is 154 Å².